The molecule has 0 unspecified atom stereocenters. The third-order valence-electron chi connectivity index (χ3n) is 2.63. The molecule has 0 atom stereocenters. The molecule has 0 heterocycles. The fourth-order valence-corrected chi connectivity index (χ4v) is 1.89. The maximum Gasteiger partial charge on any atom is 0.0906 e. The van der Waals surface area contributed by atoms with Crippen LogP contribution in [0.5, 0.6) is 0 Å². The van der Waals surface area contributed by atoms with Crippen molar-refractivity contribution in [2.45, 2.75) is 33.7 Å². The first-order valence-electron chi connectivity index (χ1n) is 5.48. The maximum atomic E-state index is 11.9. The fraction of sp³-hybridized carbons (Fsp3) is 0.538. The van der Waals surface area contributed by atoms with Crippen molar-refractivity contribution in [3.63, 3.8) is 0 Å². The van der Waals surface area contributed by atoms with Gasteiger partial charge in [0.05, 0.1) is 6.67 Å². The minimum atomic E-state index is -0.237. The van der Waals surface area contributed by atoms with Crippen molar-refractivity contribution in [2.24, 2.45) is 0 Å². The first-order valence-corrected chi connectivity index (χ1v) is 5.48. The van der Waals surface area contributed by atoms with Gasteiger partial charge in [-0.2, -0.15) is 0 Å². The van der Waals surface area contributed by atoms with Gasteiger partial charge in [0, 0.05) is 6.54 Å². The van der Waals surface area contributed by atoms with Gasteiger partial charge in [0.15, 0.2) is 0 Å². The molecule has 2 heteroatoms. The van der Waals surface area contributed by atoms with Crippen LogP contribution in [-0.2, 0) is 6.54 Å². The lowest BCUT2D eigenvalue weighted by molar-refractivity contribution is 0.459. The van der Waals surface area contributed by atoms with Crippen molar-refractivity contribution in [1.82, 2.24) is 5.32 Å². The van der Waals surface area contributed by atoms with Crippen LogP contribution in [-0.4, -0.2) is 13.2 Å². The standard InChI is InChI=1S/C13H20FN/c1-10-7-11(2)13(12(3)8-10)9-15-6-4-5-14/h7-8,15H,4-6,9H2,1-3H3. The molecule has 15 heavy (non-hydrogen) atoms. The molecule has 84 valence electrons. The number of hydrogen-bond donors (Lipinski definition) is 1. The van der Waals surface area contributed by atoms with Gasteiger partial charge in [-0.3, -0.25) is 4.39 Å². The number of benzene rings is 1. The molecule has 0 amide bonds. The maximum absolute atomic E-state index is 11.9. The van der Waals surface area contributed by atoms with E-state index in [0.717, 1.165) is 13.1 Å². The predicted molar refractivity (Wildman–Crippen MR) is 63.0 cm³/mol. The molecule has 0 aliphatic heterocycles. The Morgan fingerprint density at radius 2 is 1.73 bits per heavy atom. The number of rotatable bonds is 5. The van der Waals surface area contributed by atoms with Gasteiger partial charge in [-0.05, 0) is 50.4 Å². The van der Waals surface area contributed by atoms with Crippen LogP contribution in [0, 0.1) is 20.8 Å². The Kier molecular flexibility index (Phi) is 4.76. The van der Waals surface area contributed by atoms with Crippen LogP contribution in [0.15, 0.2) is 12.1 Å². The van der Waals surface area contributed by atoms with Gasteiger partial charge in [-0.15, -0.1) is 0 Å². The SMILES string of the molecule is Cc1cc(C)c(CNCCCF)c(C)c1. The molecular weight excluding hydrogens is 189 g/mol. The smallest absolute Gasteiger partial charge is 0.0906 e. The van der Waals surface area contributed by atoms with Gasteiger partial charge in [0.2, 0.25) is 0 Å². The summed E-state index contributed by atoms with van der Waals surface area (Å²) in [6.45, 7) is 7.73. The monoisotopic (exact) mass is 209 g/mol. The van der Waals surface area contributed by atoms with E-state index in [2.05, 4.69) is 38.2 Å². The lowest BCUT2D eigenvalue weighted by Crippen LogP contribution is -2.16. The van der Waals surface area contributed by atoms with Crippen molar-refractivity contribution >= 4 is 0 Å². The minimum Gasteiger partial charge on any atom is -0.313 e. The highest BCUT2D eigenvalue weighted by Crippen LogP contribution is 2.15. The molecule has 0 aliphatic carbocycles. The van der Waals surface area contributed by atoms with Crippen LogP contribution >= 0.6 is 0 Å². The molecule has 0 aliphatic rings. The Bertz CT molecular complexity index is 297. The van der Waals surface area contributed by atoms with Gasteiger partial charge in [0.1, 0.15) is 0 Å². The molecule has 0 saturated carbocycles. The lowest BCUT2D eigenvalue weighted by atomic mass is 10.00. The van der Waals surface area contributed by atoms with Gasteiger partial charge >= 0.3 is 0 Å². The number of aryl methyl sites for hydroxylation is 3. The van der Waals surface area contributed by atoms with E-state index in [9.17, 15) is 4.39 Å². The summed E-state index contributed by atoms with van der Waals surface area (Å²) in [5.74, 6) is 0. The molecule has 0 spiro atoms. The Morgan fingerprint density at radius 3 is 2.27 bits per heavy atom. The van der Waals surface area contributed by atoms with Crippen molar-refractivity contribution in [2.75, 3.05) is 13.2 Å². The van der Waals surface area contributed by atoms with E-state index < -0.39 is 0 Å². The van der Waals surface area contributed by atoms with Crippen LogP contribution < -0.4 is 5.32 Å². The number of hydrogen-bond acceptors (Lipinski definition) is 1. The van der Waals surface area contributed by atoms with E-state index in [1.165, 1.54) is 22.3 Å². The molecular formula is C13H20FN. The quantitative estimate of drug-likeness (QED) is 0.735. The molecule has 1 rings (SSSR count). The molecule has 1 N–H and O–H groups in total. The van der Waals surface area contributed by atoms with E-state index >= 15 is 0 Å². The van der Waals surface area contributed by atoms with E-state index in [0.29, 0.717) is 6.42 Å². The van der Waals surface area contributed by atoms with Crippen molar-refractivity contribution in [3.8, 4) is 0 Å². The third-order valence-corrected chi connectivity index (χ3v) is 2.63. The fourth-order valence-electron chi connectivity index (χ4n) is 1.89. The average molecular weight is 209 g/mol. The predicted octanol–water partition coefficient (Wildman–Crippen LogP) is 3.06. The Hall–Kier alpha value is -0.890. The second-order valence-electron chi connectivity index (χ2n) is 4.10. The summed E-state index contributed by atoms with van der Waals surface area (Å²) < 4.78 is 11.9. The largest absolute Gasteiger partial charge is 0.313 e. The van der Waals surface area contributed by atoms with Crippen molar-refractivity contribution < 1.29 is 4.39 Å². The Morgan fingerprint density at radius 1 is 1.13 bits per heavy atom. The molecule has 1 aromatic rings. The number of nitrogens with one attached hydrogen (secondary N) is 1. The average Bonchev–Trinajstić information content (AvgIpc) is 2.15. The second-order valence-corrected chi connectivity index (χ2v) is 4.10. The number of alkyl halides is 1. The van der Waals surface area contributed by atoms with Crippen LogP contribution in [0.4, 0.5) is 4.39 Å². The van der Waals surface area contributed by atoms with Crippen molar-refractivity contribution in [1.29, 1.82) is 0 Å². The first kappa shape index (κ1) is 12.2. The van der Waals surface area contributed by atoms with E-state index in [1.807, 2.05) is 0 Å². The zero-order valence-corrected chi connectivity index (χ0v) is 9.86. The zero-order chi connectivity index (χ0) is 11.3. The Balaban J connectivity index is 2.60. The summed E-state index contributed by atoms with van der Waals surface area (Å²) in [5, 5.41) is 3.26. The Labute approximate surface area is 91.7 Å². The topological polar surface area (TPSA) is 12.0 Å². The molecule has 0 saturated heterocycles. The van der Waals surface area contributed by atoms with Crippen LogP contribution in [0.2, 0.25) is 0 Å². The van der Waals surface area contributed by atoms with Gasteiger partial charge in [0.25, 0.3) is 0 Å². The van der Waals surface area contributed by atoms with Gasteiger partial charge in [-0.25, -0.2) is 0 Å². The van der Waals surface area contributed by atoms with Crippen LogP contribution in [0.3, 0.4) is 0 Å². The zero-order valence-electron chi connectivity index (χ0n) is 9.86. The second kappa shape index (κ2) is 5.86. The van der Waals surface area contributed by atoms with E-state index in [-0.39, 0.29) is 6.67 Å². The highest BCUT2D eigenvalue weighted by atomic mass is 19.1. The number of halogens is 1. The summed E-state index contributed by atoms with van der Waals surface area (Å²) in [6, 6.07) is 4.39. The molecule has 0 bridgehead atoms. The molecule has 0 radical (unpaired) electrons. The molecule has 0 fully saturated rings. The van der Waals surface area contributed by atoms with Crippen molar-refractivity contribution in [3.05, 3.63) is 34.4 Å². The van der Waals surface area contributed by atoms with Crippen LogP contribution in [0.25, 0.3) is 0 Å². The molecule has 1 aromatic carbocycles. The first-order chi connectivity index (χ1) is 7.15. The minimum absolute atomic E-state index is 0.237. The van der Waals surface area contributed by atoms with E-state index in [4.69, 9.17) is 0 Å². The normalized spacial score (nSPS) is 10.7. The summed E-state index contributed by atoms with van der Waals surface area (Å²) >= 11 is 0. The molecule has 1 nitrogen and oxygen atoms in total. The molecule has 0 aromatic heterocycles. The van der Waals surface area contributed by atoms with Crippen LogP contribution in [0.1, 0.15) is 28.7 Å². The highest BCUT2D eigenvalue weighted by Gasteiger charge is 2.02. The van der Waals surface area contributed by atoms with Gasteiger partial charge < -0.3 is 5.32 Å². The van der Waals surface area contributed by atoms with E-state index in [1.54, 1.807) is 0 Å². The lowest BCUT2D eigenvalue weighted by Gasteiger charge is -2.11. The summed E-state index contributed by atoms with van der Waals surface area (Å²) in [7, 11) is 0. The summed E-state index contributed by atoms with van der Waals surface area (Å²) in [5.41, 5.74) is 5.29. The summed E-state index contributed by atoms with van der Waals surface area (Å²) in [4.78, 5) is 0. The third kappa shape index (κ3) is 3.63. The summed E-state index contributed by atoms with van der Waals surface area (Å²) in [6.07, 6.45) is 0.601. The highest BCUT2D eigenvalue weighted by molar-refractivity contribution is 5.37. The van der Waals surface area contributed by atoms with Gasteiger partial charge in [-0.1, -0.05) is 17.7 Å².